The fraction of sp³-hybridized carbons (Fsp3) is 0.697. The summed E-state index contributed by atoms with van der Waals surface area (Å²) < 4.78 is 11.7. The van der Waals surface area contributed by atoms with Gasteiger partial charge in [0.05, 0.1) is 35.7 Å². The molecule has 4 fully saturated rings. The lowest BCUT2D eigenvalue weighted by Gasteiger charge is -2.42. The molecule has 4 atom stereocenters. The van der Waals surface area contributed by atoms with Crippen LogP contribution in [0.3, 0.4) is 0 Å². The number of methoxy groups -OCH3 is 1. The van der Waals surface area contributed by atoms with E-state index in [9.17, 15) is 24.8 Å². The highest BCUT2D eigenvalue weighted by Crippen LogP contribution is 2.49. The molecule has 5 rings (SSSR count). The van der Waals surface area contributed by atoms with Crippen molar-refractivity contribution < 1.29 is 29.0 Å². The van der Waals surface area contributed by atoms with Gasteiger partial charge in [-0.1, -0.05) is 19.8 Å². The first kappa shape index (κ1) is 30.2. The molecule has 0 heterocycles. The van der Waals surface area contributed by atoms with Crippen LogP contribution in [0, 0.1) is 39.9 Å². The van der Waals surface area contributed by atoms with Gasteiger partial charge in [-0.05, 0) is 94.4 Å². The number of carboxylic acids is 1. The number of aliphatic carboxylic acids is 1. The predicted octanol–water partition coefficient (Wildman–Crippen LogP) is 5.21. The van der Waals surface area contributed by atoms with Crippen molar-refractivity contribution in [3.05, 3.63) is 23.3 Å². The van der Waals surface area contributed by atoms with Crippen LogP contribution in [0.15, 0.2) is 12.1 Å². The smallest absolute Gasteiger partial charge is 0.309 e. The molecule has 4 aliphatic carbocycles. The zero-order valence-corrected chi connectivity index (χ0v) is 25.2. The van der Waals surface area contributed by atoms with Gasteiger partial charge in [0.2, 0.25) is 5.91 Å². The fourth-order valence-corrected chi connectivity index (χ4v) is 8.05. The molecule has 9 heteroatoms. The number of rotatable bonds is 11. The number of carbonyl (C=O) groups excluding carboxylic acids is 2. The van der Waals surface area contributed by atoms with E-state index in [0.29, 0.717) is 32.2 Å². The Kier molecular flexibility index (Phi) is 8.73. The van der Waals surface area contributed by atoms with Crippen molar-refractivity contribution in [2.75, 3.05) is 13.7 Å². The molecule has 9 nitrogen and oxygen atoms in total. The molecule has 0 aromatic heterocycles. The van der Waals surface area contributed by atoms with Crippen LogP contribution in [0.2, 0.25) is 0 Å². The van der Waals surface area contributed by atoms with E-state index in [1.807, 2.05) is 0 Å². The summed E-state index contributed by atoms with van der Waals surface area (Å²) in [6, 6.07) is 4.96. The van der Waals surface area contributed by atoms with E-state index in [1.54, 1.807) is 13.0 Å². The number of carbonyl (C=O) groups is 3. The van der Waals surface area contributed by atoms with E-state index in [4.69, 9.17) is 9.47 Å². The molecule has 2 amide bonds. The second kappa shape index (κ2) is 12.1. The average molecular weight is 580 g/mol. The largest absolute Gasteiger partial charge is 0.496 e. The molecular formula is C33H45N3O6. The molecule has 0 unspecified atom stereocenters. The number of nitrogens with zero attached hydrogens (tertiary/aromatic N) is 1. The van der Waals surface area contributed by atoms with Crippen LogP contribution in [-0.2, 0) is 9.59 Å². The maximum Gasteiger partial charge on any atom is 0.309 e. The number of carboxylic acid groups (broad SMARTS) is 1. The minimum absolute atomic E-state index is 0.0522. The monoisotopic (exact) mass is 579 g/mol. The van der Waals surface area contributed by atoms with Crippen LogP contribution >= 0.6 is 0 Å². The van der Waals surface area contributed by atoms with Gasteiger partial charge >= 0.3 is 5.97 Å². The lowest BCUT2D eigenvalue weighted by Crippen LogP contribution is -2.52. The molecule has 1 aromatic carbocycles. The summed E-state index contributed by atoms with van der Waals surface area (Å²) in [6.45, 7) is 4.66. The van der Waals surface area contributed by atoms with Crippen LogP contribution in [0.4, 0.5) is 0 Å². The van der Waals surface area contributed by atoms with Crippen LogP contribution in [-0.4, -0.2) is 48.7 Å². The van der Waals surface area contributed by atoms with E-state index in [1.165, 1.54) is 32.4 Å². The molecule has 0 aliphatic heterocycles. The number of nitrogens with one attached hydrogen (secondary N) is 2. The summed E-state index contributed by atoms with van der Waals surface area (Å²) in [5.41, 5.74) is -0.0292. The first-order valence-corrected chi connectivity index (χ1v) is 15.7. The van der Waals surface area contributed by atoms with E-state index < -0.39 is 11.4 Å². The van der Waals surface area contributed by atoms with Crippen molar-refractivity contribution in [1.29, 1.82) is 5.26 Å². The predicted molar refractivity (Wildman–Crippen MR) is 156 cm³/mol. The van der Waals surface area contributed by atoms with Crippen molar-refractivity contribution in [3.63, 3.8) is 0 Å². The molecule has 228 valence electrons. The molecule has 1 aromatic rings. The molecule has 42 heavy (non-hydrogen) atoms. The number of hydrogen-bond donors (Lipinski definition) is 3. The van der Waals surface area contributed by atoms with Gasteiger partial charge in [0.25, 0.3) is 5.91 Å². The molecule has 0 radical (unpaired) electrons. The Morgan fingerprint density at radius 1 is 1.07 bits per heavy atom. The quantitative estimate of drug-likeness (QED) is 0.327. The first-order valence-electron chi connectivity index (χ1n) is 15.7. The van der Waals surface area contributed by atoms with Crippen molar-refractivity contribution in [3.8, 4) is 17.6 Å². The molecule has 4 saturated carbocycles. The highest BCUT2D eigenvalue weighted by Gasteiger charge is 2.52. The SMILES string of the molecule is CCCC1(CNC(=O)[C@H]2[C@@H]3CC[C@@H](C3)[C@H]2NC(=O)c2cc(O[C@H]3CC[C@@](C)(C(=O)O)CC3)c(C#N)cc2OC)CCC1. The van der Waals surface area contributed by atoms with Gasteiger partial charge in [0.1, 0.15) is 17.6 Å². The maximum atomic E-state index is 13.8. The summed E-state index contributed by atoms with van der Waals surface area (Å²) in [7, 11) is 1.46. The second-order valence-corrected chi connectivity index (χ2v) is 13.5. The summed E-state index contributed by atoms with van der Waals surface area (Å²) in [4.78, 5) is 38.9. The number of ether oxygens (including phenoxy) is 2. The Balaban J connectivity index is 1.30. The highest BCUT2D eigenvalue weighted by atomic mass is 16.5. The highest BCUT2D eigenvalue weighted by molar-refractivity contribution is 5.98. The second-order valence-electron chi connectivity index (χ2n) is 13.5. The molecule has 3 N–H and O–H groups in total. The summed E-state index contributed by atoms with van der Waals surface area (Å²) in [5.74, 6) is -0.264. The zero-order valence-electron chi connectivity index (χ0n) is 25.2. The van der Waals surface area contributed by atoms with Crippen LogP contribution in [0.5, 0.6) is 11.5 Å². The maximum absolute atomic E-state index is 13.8. The Labute approximate surface area is 248 Å². The molecular weight excluding hydrogens is 534 g/mol. The van der Waals surface area contributed by atoms with E-state index in [0.717, 1.165) is 32.1 Å². The first-order chi connectivity index (χ1) is 20.1. The van der Waals surface area contributed by atoms with Crippen molar-refractivity contribution in [2.24, 2.45) is 28.6 Å². The van der Waals surface area contributed by atoms with Crippen LogP contribution < -0.4 is 20.1 Å². The fourth-order valence-electron chi connectivity index (χ4n) is 8.05. The molecule has 2 bridgehead atoms. The third-order valence-electron chi connectivity index (χ3n) is 10.9. The van der Waals surface area contributed by atoms with Gasteiger partial charge in [0, 0.05) is 18.7 Å². The summed E-state index contributed by atoms with van der Waals surface area (Å²) >= 11 is 0. The molecule has 4 aliphatic rings. The Hall–Kier alpha value is -3.28. The minimum atomic E-state index is -0.807. The van der Waals surface area contributed by atoms with Gasteiger partial charge in [-0.25, -0.2) is 0 Å². The van der Waals surface area contributed by atoms with E-state index in [-0.39, 0.29) is 69.8 Å². The number of nitriles is 1. The van der Waals surface area contributed by atoms with Gasteiger partial charge in [0.15, 0.2) is 0 Å². The molecule has 0 spiro atoms. The number of benzene rings is 1. The van der Waals surface area contributed by atoms with Crippen LogP contribution in [0.25, 0.3) is 0 Å². The summed E-state index contributed by atoms with van der Waals surface area (Å²) in [5, 5.41) is 25.8. The third-order valence-corrected chi connectivity index (χ3v) is 10.9. The lowest BCUT2D eigenvalue weighted by atomic mass is 9.66. The van der Waals surface area contributed by atoms with Crippen molar-refractivity contribution >= 4 is 17.8 Å². The minimum Gasteiger partial charge on any atom is -0.496 e. The number of hydrogen-bond acceptors (Lipinski definition) is 6. The Morgan fingerprint density at radius 3 is 2.38 bits per heavy atom. The normalized spacial score (nSPS) is 31.0. The lowest BCUT2D eigenvalue weighted by molar-refractivity contribution is -0.150. The zero-order chi connectivity index (χ0) is 30.1. The molecule has 0 saturated heterocycles. The number of fused-ring (bicyclic) bond motifs is 2. The summed E-state index contributed by atoms with van der Waals surface area (Å²) in [6.07, 6.45) is 10.5. The van der Waals surface area contributed by atoms with Crippen molar-refractivity contribution in [1.82, 2.24) is 10.6 Å². The topological polar surface area (TPSA) is 138 Å². The van der Waals surface area contributed by atoms with Crippen LogP contribution in [0.1, 0.15) is 107 Å². The average Bonchev–Trinajstić information content (AvgIpc) is 3.57. The Morgan fingerprint density at radius 2 is 1.79 bits per heavy atom. The number of amides is 2. The van der Waals surface area contributed by atoms with E-state index >= 15 is 0 Å². The van der Waals surface area contributed by atoms with Gasteiger partial charge in [-0.2, -0.15) is 5.26 Å². The van der Waals surface area contributed by atoms with Crippen molar-refractivity contribution in [2.45, 2.75) is 103 Å². The standard InChI is InChI=1S/C33H45N3O6/c1-4-10-33(11-5-12-33)19-35-30(38)27-20-6-7-21(15-20)28(27)36-29(37)24-17-25(22(18-34)16-26(24)41-3)42-23-8-13-32(2,14-9-23)31(39)40/h16-17,20-21,23,27-28H,4-15,19H2,1-3H3,(H,35,38)(H,36,37)(H,39,40)/t20-,21+,23-,27+,28-,32+/m1/s1. The van der Waals surface area contributed by atoms with Gasteiger partial charge in [-0.3, -0.25) is 14.4 Å². The van der Waals surface area contributed by atoms with Gasteiger partial charge < -0.3 is 25.2 Å². The van der Waals surface area contributed by atoms with Gasteiger partial charge in [-0.15, -0.1) is 0 Å². The van der Waals surface area contributed by atoms with E-state index in [2.05, 4.69) is 23.6 Å². The third kappa shape index (κ3) is 5.82. The Bertz CT molecular complexity index is 1240.